The van der Waals surface area contributed by atoms with Gasteiger partial charge in [0.05, 0.1) is 6.20 Å². The molecule has 6 nitrogen and oxygen atoms in total. The summed E-state index contributed by atoms with van der Waals surface area (Å²) in [6, 6.07) is 7.27. The van der Waals surface area contributed by atoms with Crippen LogP contribution in [0.15, 0.2) is 30.5 Å². The van der Waals surface area contributed by atoms with E-state index in [4.69, 9.17) is 17.3 Å². The lowest BCUT2D eigenvalue weighted by molar-refractivity contribution is -0.122. The third-order valence-electron chi connectivity index (χ3n) is 2.26. The zero-order valence-corrected chi connectivity index (χ0v) is 10.3. The lowest BCUT2D eigenvalue weighted by Gasteiger charge is -2.05. The molecule has 3 N–H and O–H groups in total. The first kappa shape index (κ1) is 12.4. The van der Waals surface area contributed by atoms with Crippen LogP contribution in [0.25, 0.3) is 0 Å². The summed E-state index contributed by atoms with van der Waals surface area (Å²) in [4.78, 5) is 11.6. The molecule has 0 aliphatic heterocycles. The predicted molar refractivity (Wildman–Crippen MR) is 67.7 cm³/mol. The van der Waals surface area contributed by atoms with Gasteiger partial charge in [-0.1, -0.05) is 28.9 Å². The minimum atomic E-state index is -0.158. The van der Waals surface area contributed by atoms with Crippen molar-refractivity contribution in [1.29, 1.82) is 0 Å². The number of hydrogen-bond donors (Lipinski definition) is 2. The van der Waals surface area contributed by atoms with Crippen LogP contribution in [0.3, 0.4) is 0 Å². The second-order valence-corrected chi connectivity index (χ2v) is 4.18. The van der Waals surface area contributed by atoms with Crippen molar-refractivity contribution in [2.75, 3.05) is 5.73 Å². The number of rotatable bonds is 4. The summed E-state index contributed by atoms with van der Waals surface area (Å²) in [6.07, 6.45) is 1.50. The standard InChI is InChI=1S/C11H12ClN5O/c12-9-3-1-8(2-4-9)5-14-11(18)7-17-6-10(13)15-16-17/h1-4,6H,5,7,13H2,(H,14,18). The molecule has 94 valence electrons. The maximum absolute atomic E-state index is 11.6. The smallest absolute Gasteiger partial charge is 0.242 e. The van der Waals surface area contributed by atoms with Gasteiger partial charge in [0.25, 0.3) is 0 Å². The Morgan fingerprint density at radius 2 is 2.11 bits per heavy atom. The average molecular weight is 266 g/mol. The largest absolute Gasteiger partial charge is 0.381 e. The molecule has 1 aromatic carbocycles. The van der Waals surface area contributed by atoms with Crippen LogP contribution in [0, 0.1) is 0 Å². The van der Waals surface area contributed by atoms with E-state index in [0.717, 1.165) is 5.56 Å². The molecule has 1 aromatic heterocycles. The number of halogens is 1. The highest BCUT2D eigenvalue weighted by Crippen LogP contribution is 2.09. The number of nitrogen functional groups attached to an aromatic ring is 1. The number of hydrogen-bond acceptors (Lipinski definition) is 4. The number of benzene rings is 1. The molecule has 0 saturated heterocycles. The number of anilines is 1. The van der Waals surface area contributed by atoms with Crippen molar-refractivity contribution in [2.24, 2.45) is 0 Å². The van der Waals surface area contributed by atoms with E-state index < -0.39 is 0 Å². The zero-order chi connectivity index (χ0) is 13.0. The van der Waals surface area contributed by atoms with Crippen molar-refractivity contribution in [3.8, 4) is 0 Å². The normalized spacial score (nSPS) is 10.3. The molecule has 0 unspecified atom stereocenters. The fraction of sp³-hybridized carbons (Fsp3) is 0.182. The first-order chi connectivity index (χ1) is 8.63. The molecule has 0 fully saturated rings. The highest BCUT2D eigenvalue weighted by atomic mass is 35.5. The van der Waals surface area contributed by atoms with Gasteiger partial charge >= 0.3 is 0 Å². The van der Waals surface area contributed by atoms with Crippen molar-refractivity contribution in [2.45, 2.75) is 13.1 Å². The molecule has 2 rings (SSSR count). The number of nitrogens with two attached hydrogens (primary N) is 1. The van der Waals surface area contributed by atoms with Crippen LogP contribution in [0.2, 0.25) is 5.02 Å². The van der Waals surface area contributed by atoms with Crippen molar-refractivity contribution >= 4 is 23.3 Å². The van der Waals surface area contributed by atoms with Crippen LogP contribution in [-0.4, -0.2) is 20.9 Å². The van der Waals surface area contributed by atoms with Crippen LogP contribution in [0.1, 0.15) is 5.56 Å². The van der Waals surface area contributed by atoms with E-state index in [2.05, 4.69) is 15.6 Å². The van der Waals surface area contributed by atoms with Crippen LogP contribution in [0.4, 0.5) is 5.82 Å². The molecule has 2 aromatic rings. The molecule has 0 aliphatic rings. The van der Waals surface area contributed by atoms with Crippen molar-refractivity contribution in [3.05, 3.63) is 41.0 Å². The van der Waals surface area contributed by atoms with Gasteiger partial charge in [0, 0.05) is 11.6 Å². The molecule has 0 atom stereocenters. The number of nitrogens with zero attached hydrogens (tertiary/aromatic N) is 3. The fourth-order valence-corrected chi connectivity index (χ4v) is 1.52. The Labute approximate surface area is 109 Å². The van der Waals surface area contributed by atoms with E-state index in [0.29, 0.717) is 17.4 Å². The van der Waals surface area contributed by atoms with Crippen molar-refractivity contribution < 1.29 is 4.79 Å². The van der Waals surface area contributed by atoms with Crippen molar-refractivity contribution in [1.82, 2.24) is 20.3 Å². The minimum Gasteiger partial charge on any atom is -0.381 e. The quantitative estimate of drug-likeness (QED) is 0.857. The van der Waals surface area contributed by atoms with Gasteiger partial charge < -0.3 is 11.1 Å². The Morgan fingerprint density at radius 3 is 2.72 bits per heavy atom. The molecule has 7 heteroatoms. The lowest BCUT2D eigenvalue weighted by atomic mass is 10.2. The summed E-state index contributed by atoms with van der Waals surface area (Å²) in [5, 5.41) is 10.7. The second kappa shape index (κ2) is 5.50. The monoisotopic (exact) mass is 265 g/mol. The first-order valence-electron chi connectivity index (χ1n) is 5.30. The SMILES string of the molecule is Nc1cn(CC(=O)NCc2ccc(Cl)cc2)nn1. The number of aromatic nitrogens is 3. The third-order valence-corrected chi connectivity index (χ3v) is 2.52. The number of carbonyl (C=O) groups is 1. The maximum atomic E-state index is 11.6. The summed E-state index contributed by atoms with van der Waals surface area (Å²) in [6.45, 7) is 0.540. The molecule has 18 heavy (non-hydrogen) atoms. The first-order valence-corrected chi connectivity index (χ1v) is 5.68. The van der Waals surface area contributed by atoms with Gasteiger partial charge in [-0.05, 0) is 17.7 Å². The molecule has 0 bridgehead atoms. The lowest BCUT2D eigenvalue weighted by Crippen LogP contribution is -2.27. The Hall–Kier alpha value is -2.08. The zero-order valence-electron chi connectivity index (χ0n) is 9.51. The fourth-order valence-electron chi connectivity index (χ4n) is 1.40. The van der Waals surface area contributed by atoms with E-state index in [1.165, 1.54) is 10.9 Å². The molecule has 1 amide bonds. The summed E-state index contributed by atoms with van der Waals surface area (Å²) < 4.78 is 1.38. The Balaban J connectivity index is 1.83. The van der Waals surface area contributed by atoms with E-state index in [9.17, 15) is 4.79 Å². The van der Waals surface area contributed by atoms with E-state index >= 15 is 0 Å². The average Bonchev–Trinajstić information content (AvgIpc) is 2.74. The molecular formula is C11H12ClN5O. The molecular weight excluding hydrogens is 254 g/mol. The van der Waals surface area contributed by atoms with Crippen molar-refractivity contribution in [3.63, 3.8) is 0 Å². The minimum absolute atomic E-state index is 0.0950. The summed E-state index contributed by atoms with van der Waals surface area (Å²) in [5.41, 5.74) is 6.37. The molecule has 0 aliphatic carbocycles. The van der Waals surface area contributed by atoms with Gasteiger partial charge in [0.15, 0.2) is 5.82 Å². The van der Waals surface area contributed by atoms with Crippen LogP contribution >= 0.6 is 11.6 Å². The topological polar surface area (TPSA) is 85.8 Å². The molecule has 0 radical (unpaired) electrons. The van der Waals surface area contributed by atoms with E-state index in [-0.39, 0.29) is 12.5 Å². The van der Waals surface area contributed by atoms with Crippen LogP contribution < -0.4 is 11.1 Å². The highest BCUT2D eigenvalue weighted by Gasteiger charge is 2.04. The van der Waals surface area contributed by atoms with Gasteiger partial charge in [-0.15, -0.1) is 5.10 Å². The third kappa shape index (κ3) is 3.46. The predicted octanol–water partition coefficient (Wildman–Crippen LogP) is 0.830. The summed E-state index contributed by atoms with van der Waals surface area (Å²) in [5.74, 6) is 0.135. The Bertz CT molecular complexity index is 537. The summed E-state index contributed by atoms with van der Waals surface area (Å²) >= 11 is 5.77. The van der Waals surface area contributed by atoms with E-state index in [1.54, 1.807) is 12.1 Å². The van der Waals surface area contributed by atoms with Crippen LogP contribution in [0.5, 0.6) is 0 Å². The maximum Gasteiger partial charge on any atom is 0.242 e. The van der Waals surface area contributed by atoms with Gasteiger partial charge in [-0.25, -0.2) is 4.68 Å². The van der Waals surface area contributed by atoms with Gasteiger partial charge in [0.2, 0.25) is 5.91 Å². The van der Waals surface area contributed by atoms with Crippen LogP contribution in [-0.2, 0) is 17.9 Å². The molecule has 0 saturated carbocycles. The number of nitrogens with one attached hydrogen (secondary N) is 1. The number of amides is 1. The van der Waals surface area contributed by atoms with Gasteiger partial charge in [-0.2, -0.15) is 0 Å². The number of carbonyl (C=O) groups excluding carboxylic acids is 1. The van der Waals surface area contributed by atoms with Gasteiger partial charge in [0.1, 0.15) is 6.54 Å². The molecule has 0 spiro atoms. The van der Waals surface area contributed by atoms with Gasteiger partial charge in [-0.3, -0.25) is 4.79 Å². The van der Waals surface area contributed by atoms with E-state index in [1.807, 2.05) is 12.1 Å². The Kier molecular flexibility index (Phi) is 3.78. The molecule has 1 heterocycles. The Morgan fingerprint density at radius 1 is 1.39 bits per heavy atom. The highest BCUT2D eigenvalue weighted by molar-refractivity contribution is 6.30. The summed E-state index contributed by atoms with van der Waals surface area (Å²) in [7, 11) is 0. The second-order valence-electron chi connectivity index (χ2n) is 3.74.